The molecule has 1 aliphatic heterocycles. The number of rotatable bonds is 6. The minimum Gasteiger partial charge on any atom is -0.317 e. The number of hydrogen-bond acceptors (Lipinski definition) is 4. The minimum atomic E-state index is 0.617. The van der Waals surface area contributed by atoms with Crippen molar-refractivity contribution >= 4 is 60.8 Å². The lowest BCUT2D eigenvalue weighted by Crippen LogP contribution is -2.15. The van der Waals surface area contributed by atoms with Crippen LogP contribution in [0.3, 0.4) is 0 Å². The van der Waals surface area contributed by atoms with Crippen LogP contribution in [0.4, 0.5) is 28.4 Å². The van der Waals surface area contributed by atoms with Crippen LogP contribution in [0.25, 0.3) is 54.6 Å². The summed E-state index contributed by atoms with van der Waals surface area (Å²) in [6.45, 7) is 0. The number of anilines is 5. The molecule has 0 N–H and O–H groups in total. The summed E-state index contributed by atoms with van der Waals surface area (Å²) >= 11 is 0. The van der Waals surface area contributed by atoms with Crippen molar-refractivity contribution in [1.82, 2.24) is 0 Å². The number of benzene rings is 9. The maximum Gasteiger partial charge on any atom is 0.0991 e. The van der Waals surface area contributed by atoms with Crippen LogP contribution in [0.1, 0.15) is 16.7 Å². The first-order valence-corrected chi connectivity index (χ1v) is 18.4. The first kappa shape index (κ1) is 32.0. The summed E-state index contributed by atoms with van der Waals surface area (Å²) in [6.07, 6.45) is 5.12. The van der Waals surface area contributed by atoms with Gasteiger partial charge in [0.05, 0.1) is 34.6 Å². The highest BCUT2D eigenvalue weighted by Gasteiger charge is 2.23. The highest BCUT2D eigenvalue weighted by Crippen LogP contribution is 2.48. The summed E-state index contributed by atoms with van der Waals surface area (Å²) in [5, 5.41) is 26.4. The number of hydrogen-bond donors (Lipinski definition) is 0. The van der Waals surface area contributed by atoms with Crippen LogP contribution in [0.2, 0.25) is 0 Å². The summed E-state index contributed by atoms with van der Waals surface area (Å²) in [5.74, 6) is 0. The molecule has 0 saturated carbocycles. The van der Waals surface area contributed by atoms with Crippen molar-refractivity contribution in [2.75, 3.05) is 9.80 Å². The van der Waals surface area contributed by atoms with Crippen LogP contribution in [-0.2, 0) is 6.42 Å². The molecule has 0 atom stereocenters. The van der Waals surface area contributed by atoms with E-state index in [9.17, 15) is 10.5 Å². The first-order valence-electron chi connectivity index (χ1n) is 18.4. The molecule has 0 unspecified atom stereocenters. The Labute approximate surface area is 319 Å². The highest BCUT2D eigenvalue weighted by atomic mass is 15.1. The van der Waals surface area contributed by atoms with Crippen molar-refractivity contribution in [3.63, 3.8) is 0 Å². The van der Waals surface area contributed by atoms with Crippen molar-refractivity contribution in [2.45, 2.75) is 6.42 Å². The average Bonchev–Trinajstić information content (AvgIpc) is 3.26. The third-order valence-electron chi connectivity index (χ3n) is 10.8. The molecule has 0 bridgehead atoms. The molecule has 10 rings (SSSR count). The molecule has 0 aromatic heterocycles. The number of allylic oxidation sites excluding steroid dienone is 1. The van der Waals surface area contributed by atoms with Gasteiger partial charge in [-0.15, -0.1) is 0 Å². The molecular weight excluding hydrogens is 669 g/mol. The zero-order valence-corrected chi connectivity index (χ0v) is 29.8. The average molecular weight is 701 g/mol. The monoisotopic (exact) mass is 700 g/mol. The Kier molecular flexibility index (Phi) is 7.62. The molecule has 4 heteroatoms. The molecule has 9 aromatic carbocycles. The van der Waals surface area contributed by atoms with Crippen molar-refractivity contribution < 1.29 is 0 Å². The van der Waals surface area contributed by atoms with Crippen LogP contribution >= 0.6 is 0 Å². The Bertz CT molecular complexity index is 2970. The highest BCUT2D eigenvalue weighted by molar-refractivity contribution is 6.28. The fourth-order valence-corrected chi connectivity index (χ4v) is 8.25. The van der Waals surface area contributed by atoms with Crippen molar-refractivity contribution in [1.29, 1.82) is 10.5 Å². The van der Waals surface area contributed by atoms with Crippen molar-refractivity contribution in [2.24, 2.45) is 0 Å². The van der Waals surface area contributed by atoms with Gasteiger partial charge in [0.1, 0.15) is 0 Å². The molecule has 4 nitrogen and oxygen atoms in total. The van der Waals surface area contributed by atoms with Crippen LogP contribution in [0.15, 0.2) is 182 Å². The van der Waals surface area contributed by atoms with E-state index in [4.69, 9.17) is 0 Å². The van der Waals surface area contributed by atoms with Gasteiger partial charge in [0, 0.05) is 34.0 Å². The molecule has 55 heavy (non-hydrogen) atoms. The van der Waals surface area contributed by atoms with Gasteiger partial charge in [-0.2, -0.15) is 10.5 Å². The van der Waals surface area contributed by atoms with Gasteiger partial charge in [0.15, 0.2) is 0 Å². The lowest BCUT2D eigenvalue weighted by atomic mass is 9.91. The second-order valence-corrected chi connectivity index (χ2v) is 14.0. The fraction of sp³-hybridized carbons (Fsp3) is 0.0196. The Hall–Kier alpha value is -7.66. The van der Waals surface area contributed by atoms with Gasteiger partial charge < -0.3 is 9.80 Å². The van der Waals surface area contributed by atoms with Crippen LogP contribution < -0.4 is 9.80 Å². The van der Waals surface area contributed by atoms with E-state index in [2.05, 4.69) is 168 Å². The molecule has 9 aromatic rings. The third kappa shape index (κ3) is 5.45. The third-order valence-corrected chi connectivity index (χ3v) is 10.8. The van der Waals surface area contributed by atoms with E-state index in [0.717, 1.165) is 73.4 Å². The van der Waals surface area contributed by atoms with E-state index in [-0.39, 0.29) is 0 Å². The van der Waals surface area contributed by atoms with E-state index in [1.807, 2.05) is 36.4 Å². The number of nitriles is 2. The number of fused-ring (bicyclic) bond motifs is 1. The van der Waals surface area contributed by atoms with Crippen molar-refractivity contribution in [3.05, 3.63) is 199 Å². The van der Waals surface area contributed by atoms with Crippen LogP contribution in [0.5, 0.6) is 0 Å². The lowest BCUT2D eigenvalue weighted by molar-refractivity contribution is 1.13. The normalized spacial score (nSPS) is 12.1. The topological polar surface area (TPSA) is 54.1 Å². The second-order valence-electron chi connectivity index (χ2n) is 14.0. The summed E-state index contributed by atoms with van der Waals surface area (Å²) < 4.78 is 0. The summed E-state index contributed by atoms with van der Waals surface area (Å²) in [5.41, 5.74) is 12.2. The second kappa shape index (κ2) is 13.1. The predicted octanol–water partition coefficient (Wildman–Crippen LogP) is 13.3. The largest absolute Gasteiger partial charge is 0.317 e. The first-order chi connectivity index (χ1) is 27.2. The molecule has 0 radical (unpaired) electrons. The van der Waals surface area contributed by atoms with Crippen LogP contribution in [-0.4, -0.2) is 0 Å². The number of nitrogens with zero attached hydrogens (tertiary/aromatic N) is 4. The minimum absolute atomic E-state index is 0.617. The molecule has 256 valence electrons. The fourth-order valence-electron chi connectivity index (χ4n) is 8.25. The standard InChI is InChI=1S/C51H32N4/c52-32-34-13-20-43(21-14-34)55(44-30-41(36-8-3-1-4-9-36)29-42(31-44)37-10-5-2-6-11-37)49-26-19-39-16-22-45-48(25-18-38-17-23-46(49)51(39)50(38)45)54-27-7-12-40-28-35(33-53)15-24-47(40)54/h1-11,13-31H,12H2. The van der Waals surface area contributed by atoms with E-state index >= 15 is 0 Å². The van der Waals surface area contributed by atoms with Gasteiger partial charge in [0.2, 0.25) is 0 Å². The molecule has 0 spiro atoms. The lowest BCUT2D eigenvalue weighted by Gasteiger charge is -2.30. The van der Waals surface area contributed by atoms with E-state index in [1.165, 1.54) is 21.5 Å². The van der Waals surface area contributed by atoms with Gasteiger partial charge in [0.25, 0.3) is 0 Å². The van der Waals surface area contributed by atoms with Crippen LogP contribution in [0, 0.1) is 22.7 Å². The smallest absolute Gasteiger partial charge is 0.0991 e. The van der Waals surface area contributed by atoms with E-state index in [1.54, 1.807) is 0 Å². The Balaban J connectivity index is 1.22. The van der Waals surface area contributed by atoms with Crippen molar-refractivity contribution in [3.8, 4) is 34.4 Å². The van der Waals surface area contributed by atoms with Gasteiger partial charge in [-0.3, -0.25) is 0 Å². The van der Waals surface area contributed by atoms with E-state index in [0.29, 0.717) is 11.1 Å². The summed E-state index contributed by atoms with van der Waals surface area (Å²) in [6, 6.07) is 64.2. The zero-order valence-electron chi connectivity index (χ0n) is 29.8. The molecule has 1 aliphatic rings. The van der Waals surface area contributed by atoms with Gasteiger partial charge in [-0.05, 0) is 129 Å². The van der Waals surface area contributed by atoms with Gasteiger partial charge in [-0.25, -0.2) is 0 Å². The maximum atomic E-state index is 9.73. The molecule has 0 saturated heterocycles. The quantitative estimate of drug-likeness (QED) is 0.162. The summed E-state index contributed by atoms with van der Waals surface area (Å²) in [7, 11) is 0. The Morgan fingerprint density at radius 1 is 0.473 bits per heavy atom. The molecular formula is C51H32N4. The maximum absolute atomic E-state index is 9.73. The molecule has 0 amide bonds. The molecule has 0 fully saturated rings. The van der Waals surface area contributed by atoms with Gasteiger partial charge >= 0.3 is 0 Å². The van der Waals surface area contributed by atoms with Gasteiger partial charge in [-0.1, -0.05) is 103 Å². The Morgan fingerprint density at radius 2 is 1.05 bits per heavy atom. The Morgan fingerprint density at radius 3 is 1.73 bits per heavy atom. The molecule has 1 heterocycles. The SMILES string of the molecule is N#Cc1ccc(N(c2cc(-c3ccccc3)cc(-c3ccccc3)c2)c2ccc3ccc4c(N5C=CCc6cc(C#N)ccc65)ccc5ccc2c3c54)cc1. The zero-order chi connectivity index (χ0) is 36.9. The van der Waals surface area contributed by atoms with E-state index < -0.39 is 0 Å². The predicted molar refractivity (Wildman–Crippen MR) is 227 cm³/mol. The summed E-state index contributed by atoms with van der Waals surface area (Å²) in [4.78, 5) is 4.60. The molecule has 0 aliphatic carbocycles.